The molecule has 2 rings (SSSR count). The number of H-pyrrole nitrogens is 1. The maximum absolute atomic E-state index is 11.7. The Hall–Kier alpha value is -1.59. The molecule has 0 radical (unpaired) electrons. The van der Waals surface area contributed by atoms with Crippen LogP contribution in [-0.4, -0.2) is 67.7 Å². The maximum atomic E-state index is 11.7. The molecule has 9 nitrogen and oxygen atoms in total. The first-order chi connectivity index (χ1) is 11.9. The van der Waals surface area contributed by atoms with Gasteiger partial charge in [0.15, 0.2) is 11.0 Å². The molecule has 25 heavy (non-hydrogen) atoms. The van der Waals surface area contributed by atoms with Crippen LogP contribution in [0.1, 0.15) is 13.2 Å². The van der Waals surface area contributed by atoms with Crippen molar-refractivity contribution in [3.05, 3.63) is 27.4 Å². The van der Waals surface area contributed by atoms with Crippen molar-refractivity contribution in [1.82, 2.24) is 14.9 Å². The van der Waals surface area contributed by atoms with E-state index in [1.165, 1.54) is 26.4 Å². The Morgan fingerprint density at radius 2 is 2.24 bits per heavy atom. The summed E-state index contributed by atoms with van der Waals surface area (Å²) in [5, 5.41) is 2.50. The van der Waals surface area contributed by atoms with Gasteiger partial charge in [0.05, 0.1) is 6.61 Å². The molecule has 1 saturated heterocycles. The topological polar surface area (TPSA) is 104 Å². The minimum atomic E-state index is -1.04. The van der Waals surface area contributed by atoms with Crippen LogP contribution in [0.4, 0.5) is 0 Å². The SMILES string of the molecule is CNC(=O)COC1(C)C(OC)[C@@H](COC)O[C@H]1n1ccc(=O)[nH]c1=S. The third-order valence-corrected chi connectivity index (χ3v) is 4.49. The Morgan fingerprint density at radius 1 is 1.52 bits per heavy atom. The number of nitrogens with zero attached hydrogens (tertiary/aromatic N) is 1. The molecule has 1 aliphatic heterocycles. The summed E-state index contributed by atoms with van der Waals surface area (Å²) < 4.78 is 24.5. The summed E-state index contributed by atoms with van der Waals surface area (Å²) in [6.45, 7) is 1.87. The fourth-order valence-corrected chi connectivity index (χ4v) is 3.22. The highest BCUT2D eigenvalue weighted by Crippen LogP contribution is 2.42. The molecule has 2 unspecified atom stereocenters. The van der Waals surface area contributed by atoms with Gasteiger partial charge >= 0.3 is 0 Å². The van der Waals surface area contributed by atoms with Crippen molar-refractivity contribution in [3.63, 3.8) is 0 Å². The number of amides is 1. The van der Waals surface area contributed by atoms with Crippen LogP contribution >= 0.6 is 12.2 Å². The van der Waals surface area contributed by atoms with Gasteiger partial charge in [-0.25, -0.2) is 0 Å². The van der Waals surface area contributed by atoms with Crippen molar-refractivity contribution >= 4 is 18.1 Å². The second-order valence-corrected chi connectivity index (χ2v) is 6.19. The van der Waals surface area contributed by atoms with E-state index in [1.807, 2.05) is 0 Å². The quantitative estimate of drug-likeness (QED) is 0.648. The van der Waals surface area contributed by atoms with E-state index in [9.17, 15) is 9.59 Å². The Kier molecular flexibility index (Phi) is 6.47. The predicted molar refractivity (Wildman–Crippen MR) is 90.9 cm³/mol. The minimum Gasteiger partial charge on any atom is -0.382 e. The normalized spacial score (nSPS) is 28.9. The molecule has 1 aromatic rings. The lowest BCUT2D eigenvalue weighted by Gasteiger charge is -2.35. The fourth-order valence-electron chi connectivity index (χ4n) is 2.96. The van der Waals surface area contributed by atoms with Gasteiger partial charge in [-0.1, -0.05) is 0 Å². The number of methoxy groups -OCH3 is 2. The highest BCUT2D eigenvalue weighted by molar-refractivity contribution is 7.71. The number of likely N-dealkylation sites (N-methyl/N-ethyl adjacent to an activating group) is 1. The van der Waals surface area contributed by atoms with E-state index in [1.54, 1.807) is 18.6 Å². The maximum Gasteiger partial charge on any atom is 0.251 e. The zero-order valence-corrected chi connectivity index (χ0v) is 15.4. The van der Waals surface area contributed by atoms with Gasteiger partial charge in [0.2, 0.25) is 5.91 Å². The molecule has 0 aromatic carbocycles. The molecule has 0 spiro atoms. The average molecular weight is 373 g/mol. The Bertz CT molecular complexity index is 720. The molecular weight excluding hydrogens is 350 g/mol. The summed E-state index contributed by atoms with van der Waals surface area (Å²) in [4.78, 5) is 25.6. The van der Waals surface area contributed by atoms with Gasteiger partial charge in [-0.3, -0.25) is 19.1 Å². The molecule has 2 N–H and O–H groups in total. The summed E-state index contributed by atoms with van der Waals surface area (Å²) in [5.74, 6) is -0.282. The molecule has 10 heteroatoms. The lowest BCUT2D eigenvalue weighted by Crippen LogP contribution is -2.49. The number of hydrogen-bond acceptors (Lipinski definition) is 7. The standard InChI is InChI=1S/C15H23N3O6S/c1-15(23-8-11(20)16-2)12(22-4)9(7-21-3)24-13(15)18-6-5-10(19)17-14(18)25/h5-6,9,12-13H,7-8H2,1-4H3,(H,16,20)(H,17,19,25)/t9-,12?,13-,15?/m1/s1. The highest BCUT2D eigenvalue weighted by atomic mass is 32.1. The van der Waals surface area contributed by atoms with Crippen LogP contribution in [0, 0.1) is 4.77 Å². The number of nitrogens with one attached hydrogen (secondary N) is 2. The van der Waals surface area contributed by atoms with E-state index >= 15 is 0 Å². The molecule has 2 heterocycles. The first-order valence-electron chi connectivity index (χ1n) is 7.70. The Morgan fingerprint density at radius 3 is 2.80 bits per heavy atom. The van der Waals surface area contributed by atoms with Crippen LogP contribution in [0.25, 0.3) is 0 Å². The number of hydrogen-bond donors (Lipinski definition) is 2. The Labute approximate surface area is 150 Å². The Balaban J connectivity index is 2.43. The summed E-state index contributed by atoms with van der Waals surface area (Å²) in [6, 6.07) is 1.34. The van der Waals surface area contributed by atoms with Crippen molar-refractivity contribution in [2.45, 2.75) is 31.0 Å². The zero-order valence-electron chi connectivity index (χ0n) is 14.6. The second kappa shape index (κ2) is 8.19. The van der Waals surface area contributed by atoms with Crippen molar-refractivity contribution in [1.29, 1.82) is 0 Å². The van der Waals surface area contributed by atoms with Crippen LogP contribution in [0.2, 0.25) is 0 Å². The largest absolute Gasteiger partial charge is 0.382 e. The van der Waals surface area contributed by atoms with Gasteiger partial charge in [-0.05, 0) is 19.1 Å². The van der Waals surface area contributed by atoms with Crippen LogP contribution in [-0.2, 0) is 23.7 Å². The second-order valence-electron chi connectivity index (χ2n) is 5.80. The van der Waals surface area contributed by atoms with E-state index in [0.717, 1.165) is 0 Å². The van der Waals surface area contributed by atoms with Crippen molar-refractivity contribution in [2.75, 3.05) is 34.5 Å². The van der Waals surface area contributed by atoms with Gasteiger partial charge in [-0.2, -0.15) is 0 Å². The number of carbonyl (C=O) groups is 1. The molecular formula is C15H23N3O6S. The highest BCUT2D eigenvalue weighted by Gasteiger charge is 2.56. The lowest BCUT2D eigenvalue weighted by atomic mass is 9.95. The molecule has 1 amide bonds. The van der Waals surface area contributed by atoms with Gasteiger partial charge in [-0.15, -0.1) is 0 Å². The zero-order chi connectivity index (χ0) is 18.6. The van der Waals surface area contributed by atoms with Gasteiger partial charge < -0.3 is 24.3 Å². The van der Waals surface area contributed by atoms with Gasteiger partial charge in [0.25, 0.3) is 5.56 Å². The van der Waals surface area contributed by atoms with Gasteiger partial charge in [0.1, 0.15) is 24.4 Å². The van der Waals surface area contributed by atoms with Gasteiger partial charge in [0, 0.05) is 33.5 Å². The number of ether oxygens (including phenoxy) is 4. The average Bonchev–Trinajstić information content (AvgIpc) is 2.85. The summed E-state index contributed by atoms with van der Waals surface area (Å²) in [6.07, 6.45) is -0.152. The van der Waals surface area contributed by atoms with E-state index in [-0.39, 0.29) is 29.5 Å². The number of carbonyl (C=O) groups excluding carboxylic acids is 1. The molecule has 1 aliphatic rings. The van der Waals surface area contributed by atoms with E-state index in [0.29, 0.717) is 0 Å². The molecule has 0 saturated carbocycles. The summed E-state index contributed by atoms with van der Waals surface area (Å²) in [5.41, 5.74) is -1.36. The molecule has 1 fully saturated rings. The van der Waals surface area contributed by atoms with E-state index in [2.05, 4.69) is 10.3 Å². The molecule has 4 atom stereocenters. The molecule has 0 aliphatic carbocycles. The number of aromatic amines is 1. The first-order valence-corrected chi connectivity index (χ1v) is 8.11. The fraction of sp³-hybridized carbons (Fsp3) is 0.667. The van der Waals surface area contributed by atoms with Crippen molar-refractivity contribution in [2.24, 2.45) is 0 Å². The van der Waals surface area contributed by atoms with E-state index in [4.69, 9.17) is 31.2 Å². The molecule has 1 aromatic heterocycles. The third kappa shape index (κ3) is 3.98. The first kappa shape index (κ1) is 19.7. The van der Waals surface area contributed by atoms with Crippen molar-refractivity contribution in [3.8, 4) is 0 Å². The molecule has 0 bridgehead atoms. The van der Waals surface area contributed by atoms with Crippen LogP contribution < -0.4 is 10.9 Å². The van der Waals surface area contributed by atoms with E-state index < -0.39 is 24.0 Å². The minimum absolute atomic E-state index is 0.177. The molecule has 140 valence electrons. The van der Waals surface area contributed by atoms with Crippen LogP contribution in [0.5, 0.6) is 0 Å². The van der Waals surface area contributed by atoms with Crippen LogP contribution in [0.3, 0.4) is 0 Å². The summed E-state index contributed by atoms with van der Waals surface area (Å²) >= 11 is 5.24. The van der Waals surface area contributed by atoms with Crippen molar-refractivity contribution < 1.29 is 23.7 Å². The monoisotopic (exact) mass is 373 g/mol. The third-order valence-electron chi connectivity index (χ3n) is 4.18. The smallest absolute Gasteiger partial charge is 0.251 e. The predicted octanol–water partition coefficient (Wildman–Crippen LogP) is -0.0140. The number of rotatable bonds is 7. The number of aromatic nitrogens is 2. The summed E-state index contributed by atoms with van der Waals surface area (Å²) in [7, 11) is 4.61. The lowest BCUT2D eigenvalue weighted by molar-refractivity contribution is -0.158. The van der Waals surface area contributed by atoms with Crippen LogP contribution in [0.15, 0.2) is 17.1 Å².